The monoisotopic (exact) mass is 271 g/mol. The van der Waals surface area contributed by atoms with Crippen LogP contribution in [0.25, 0.3) is 10.9 Å². The summed E-state index contributed by atoms with van der Waals surface area (Å²) in [5.41, 5.74) is 0.871. The van der Waals surface area contributed by atoms with E-state index in [1.165, 1.54) is 0 Å². The molecule has 0 radical (unpaired) electrons. The molecule has 0 spiro atoms. The van der Waals surface area contributed by atoms with Gasteiger partial charge in [-0.1, -0.05) is 18.2 Å². The average Bonchev–Trinajstić information content (AvgIpc) is 2.47. The zero-order valence-corrected chi connectivity index (χ0v) is 11.4. The van der Waals surface area contributed by atoms with Crippen LogP contribution < -0.4 is 0 Å². The number of aromatic nitrogens is 1. The van der Waals surface area contributed by atoms with Crippen molar-refractivity contribution in [2.75, 3.05) is 33.2 Å². The molecule has 1 aromatic heterocycles. The Kier molecular flexibility index (Phi) is 3.28. The number of hydrogen-bond acceptors (Lipinski definition) is 4. The van der Waals surface area contributed by atoms with Crippen LogP contribution in [0.1, 0.15) is 10.5 Å². The van der Waals surface area contributed by atoms with Crippen molar-refractivity contribution in [1.29, 1.82) is 0 Å². The van der Waals surface area contributed by atoms with Crippen LogP contribution in [-0.2, 0) is 0 Å². The summed E-state index contributed by atoms with van der Waals surface area (Å²) >= 11 is 0. The first-order valence-electron chi connectivity index (χ1n) is 6.72. The van der Waals surface area contributed by atoms with E-state index in [1.807, 2.05) is 24.1 Å². The second kappa shape index (κ2) is 5.09. The van der Waals surface area contributed by atoms with Crippen molar-refractivity contribution in [2.24, 2.45) is 0 Å². The van der Waals surface area contributed by atoms with E-state index in [1.54, 1.807) is 18.2 Å². The fourth-order valence-electron chi connectivity index (χ4n) is 2.42. The van der Waals surface area contributed by atoms with E-state index in [0.717, 1.165) is 31.6 Å². The molecule has 0 bridgehead atoms. The predicted octanol–water partition coefficient (Wildman–Crippen LogP) is 1.33. The number of aromatic hydroxyl groups is 1. The van der Waals surface area contributed by atoms with Gasteiger partial charge in [0.25, 0.3) is 5.91 Å². The Morgan fingerprint density at radius 2 is 1.90 bits per heavy atom. The highest BCUT2D eigenvalue weighted by atomic mass is 16.3. The first-order chi connectivity index (χ1) is 9.65. The Morgan fingerprint density at radius 3 is 2.65 bits per heavy atom. The van der Waals surface area contributed by atoms with Gasteiger partial charge in [0, 0.05) is 31.6 Å². The third kappa shape index (κ3) is 2.32. The van der Waals surface area contributed by atoms with Crippen LogP contribution in [0.2, 0.25) is 0 Å². The van der Waals surface area contributed by atoms with Gasteiger partial charge in [0.15, 0.2) is 0 Å². The lowest BCUT2D eigenvalue weighted by Gasteiger charge is -2.32. The van der Waals surface area contributed by atoms with Gasteiger partial charge in [0.1, 0.15) is 17.0 Å². The minimum atomic E-state index is -0.0664. The number of amides is 1. The Hall–Kier alpha value is -2.14. The lowest BCUT2D eigenvalue weighted by molar-refractivity contribution is 0.0658. The van der Waals surface area contributed by atoms with Gasteiger partial charge in [-0.15, -0.1) is 0 Å². The number of phenolic OH excluding ortho intramolecular Hbond substituents is 1. The smallest absolute Gasteiger partial charge is 0.272 e. The van der Waals surface area contributed by atoms with E-state index in [0.29, 0.717) is 11.2 Å². The van der Waals surface area contributed by atoms with Gasteiger partial charge in [0.05, 0.1) is 0 Å². The number of phenols is 1. The average molecular weight is 271 g/mol. The van der Waals surface area contributed by atoms with E-state index >= 15 is 0 Å². The summed E-state index contributed by atoms with van der Waals surface area (Å²) in [6.45, 7) is 3.20. The number of hydrogen-bond donors (Lipinski definition) is 1. The third-order valence-corrected chi connectivity index (χ3v) is 3.71. The van der Waals surface area contributed by atoms with Gasteiger partial charge in [-0.25, -0.2) is 4.98 Å². The SMILES string of the molecule is CN1CCN(C(=O)c2ccc3cccc(O)c3n2)CC1. The number of carbonyl (C=O) groups is 1. The maximum Gasteiger partial charge on any atom is 0.272 e. The topological polar surface area (TPSA) is 56.7 Å². The van der Waals surface area contributed by atoms with Crippen LogP contribution in [0, 0.1) is 0 Å². The Labute approximate surface area is 117 Å². The number of piperazine rings is 1. The van der Waals surface area contributed by atoms with Gasteiger partial charge in [0.2, 0.25) is 0 Å². The highest BCUT2D eigenvalue weighted by Crippen LogP contribution is 2.22. The van der Waals surface area contributed by atoms with Crippen LogP contribution in [-0.4, -0.2) is 59.0 Å². The summed E-state index contributed by atoms with van der Waals surface area (Å²) in [4.78, 5) is 20.8. The second-order valence-corrected chi connectivity index (χ2v) is 5.14. The highest BCUT2D eigenvalue weighted by molar-refractivity contribution is 5.96. The molecule has 1 aliphatic heterocycles. The van der Waals surface area contributed by atoms with Crippen molar-refractivity contribution in [2.45, 2.75) is 0 Å². The minimum Gasteiger partial charge on any atom is -0.506 e. The summed E-state index contributed by atoms with van der Waals surface area (Å²) in [5, 5.41) is 10.7. The van der Waals surface area contributed by atoms with Crippen LogP contribution >= 0.6 is 0 Å². The van der Waals surface area contributed by atoms with E-state index in [9.17, 15) is 9.90 Å². The molecule has 3 rings (SSSR count). The number of nitrogens with zero attached hydrogens (tertiary/aromatic N) is 3. The summed E-state index contributed by atoms with van der Waals surface area (Å²) in [7, 11) is 2.05. The van der Waals surface area contributed by atoms with Gasteiger partial charge in [-0.3, -0.25) is 4.79 Å². The van der Waals surface area contributed by atoms with E-state index in [4.69, 9.17) is 0 Å². The minimum absolute atomic E-state index is 0.0664. The van der Waals surface area contributed by atoms with Gasteiger partial charge in [-0.2, -0.15) is 0 Å². The number of fused-ring (bicyclic) bond motifs is 1. The predicted molar refractivity (Wildman–Crippen MR) is 76.8 cm³/mol. The summed E-state index contributed by atoms with van der Waals surface area (Å²) in [6, 6.07) is 8.76. The molecule has 0 atom stereocenters. The molecule has 1 N–H and O–H groups in total. The highest BCUT2D eigenvalue weighted by Gasteiger charge is 2.21. The Bertz CT molecular complexity index is 649. The molecule has 2 heterocycles. The second-order valence-electron chi connectivity index (χ2n) is 5.14. The number of para-hydroxylation sites is 1. The molecule has 0 saturated carbocycles. The maximum atomic E-state index is 12.4. The molecular weight excluding hydrogens is 254 g/mol. The van der Waals surface area contributed by atoms with E-state index in [-0.39, 0.29) is 11.7 Å². The summed E-state index contributed by atoms with van der Waals surface area (Å²) in [6.07, 6.45) is 0. The molecule has 5 heteroatoms. The van der Waals surface area contributed by atoms with Crippen molar-refractivity contribution < 1.29 is 9.90 Å². The first kappa shape index (κ1) is 12.9. The zero-order chi connectivity index (χ0) is 14.1. The van der Waals surface area contributed by atoms with Crippen molar-refractivity contribution >= 4 is 16.8 Å². The first-order valence-corrected chi connectivity index (χ1v) is 6.72. The van der Waals surface area contributed by atoms with Gasteiger partial charge < -0.3 is 14.9 Å². The van der Waals surface area contributed by atoms with Crippen molar-refractivity contribution in [3.63, 3.8) is 0 Å². The van der Waals surface area contributed by atoms with Gasteiger partial charge >= 0.3 is 0 Å². The standard InChI is InChI=1S/C15H17N3O2/c1-17-7-9-18(10-8-17)15(20)12-6-5-11-3-2-4-13(19)14(11)16-12/h2-6,19H,7-10H2,1H3. The molecule has 1 fully saturated rings. The number of rotatable bonds is 1. The largest absolute Gasteiger partial charge is 0.506 e. The molecule has 20 heavy (non-hydrogen) atoms. The molecule has 1 aliphatic rings. The zero-order valence-electron chi connectivity index (χ0n) is 11.4. The third-order valence-electron chi connectivity index (χ3n) is 3.71. The molecule has 2 aromatic rings. The lowest BCUT2D eigenvalue weighted by atomic mass is 10.1. The fraction of sp³-hybridized carbons (Fsp3) is 0.333. The summed E-state index contributed by atoms with van der Waals surface area (Å²) in [5.74, 6) is 0.0405. The van der Waals surface area contributed by atoms with E-state index < -0.39 is 0 Å². The molecule has 0 aliphatic carbocycles. The fourth-order valence-corrected chi connectivity index (χ4v) is 2.42. The molecule has 104 valence electrons. The maximum absolute atomic E-state index is 12.4. The normalized spacial score (nSPS) is 16.6. The van der Waals surface area contributed by atoms with Crippen molar-refractivity contribution in [1.82, 2.24) is 14.8 Å². The number of pyridine rings is 1. The molecule has 1 saturated heterocycles. The molecule has 0 unspecified atom stereocenters. The Balaban J connectivity index is 1.90. The number of carbonyl (C=O) groups excluding carboxylic acids is 1. The van der Waals surface area contributed by atoms with Crippen LogP contribution in [0.5, 0.6) is 5.75 Å². The van der Waals surface area contributed by atoms with Crippen LogP contribution in [0.3, 0.4) is 0 Å². The van der Waals surface area contributed by atoms with Crippen molar-refractivity contribution in [3.05, 3.63) is 36.0 Å². The number of likely N-dealkylation sites (N-methyl/N-ethyl adjacent to an activating group) is 1. The van der Waals surface area contributed by atoms with Gasteiger partial charge in [-0.05, 0) is 19.2 Å². The lowest BCUT2D eigenvalue weighted by Crippen LogP contribution is -2.47. The van der Waals surface area contributed by atoms with E-state index in [2.05, 4.69) is 9.88 Å². The van der Waals surface area contributed by atoms with Crippen LogP contribution in [0.4, 0.5) is 0 Å². The molecule has 5 nitrogen and oxygen atoms in total. The Morgan fingerprint density at radius 1 is 1.15 bits per heavy atom. The van der Waals surface area contributed by atoms with Crippen LogP contribution in [0.15, 0.2) is 30.3 Å². The molecule has 1 aromatic carbocycles. The summed E-state index contributed by atoms with van der Waals surface area (Å²) < 4.78 is 0. The quantitative estimate of drug-likeness (QED) is 0.850. The molecular formula is C15H17N3O2. The number of benzene rings is 1. The molecule has 1 amide bonds. The van der Waals surface area contributed by atoms with Crippen molar-refractivity contribution in [3.8, 4) is 5.75 Å².